The molecule has 0 saturated carbocycles. The van der Waals surface area contributed by atoms with Crippen LogP contribution < -0.4 is 10.6 Å². The fourth-order valence-electron chi connectivity index (χ4n) is 1.68. The Bertz CT molecular complexity index is 549. The average molecular weight is 275 g/mol. The molecule has 0 spiro atoms. The van der Waals surface area contributed by atoms with E-state index < -0.39 is 0 Å². The van der Waals surface area contributed by atoms with Crippen molar-refractivity contribution >= 4 is 28.9 Å². The quantitative estimate of drug-likeness (QED) is 0.887. The van der Waals surface area contributed by atoms with Crippen LogP contribution in [-0.4, -0.2) is 5.91 Å². The second-order valence-electron chi connectivity index (χ2n) is 4.24. The number of carbonyl (C=O) groups excluding carboxylic acids is 1. The van der Waals surface area contributed by atoms with Gasteiger partial charge in [-0.25, -0.2) is 0 Å². The van der Waals surface area contributed by atoms with Crippen LogP contribution in [0.5, 0.6) is 0 Å². The van der Waals surface area contributed by atoms with E-state index in [2.05, 4.69) is 10.6 Å². The van der Waals surface area contributed by atoms with E-state index in [0.717, 1.165) is 28.5 Å². The Hall–Kier alpha value is -2.00. The molecule has 3 nitrogen and oxygen atoms in total. The van der Waals surface area contributed by atoms with Crippen LogP contribution >= 0.6 is 11.6 Å². The number of halogens is 1. The van der Waals surface area contributed by atoms with Crippen LogP contribution in [0.3, 0.4) is 0 Å². The summed E-state index contributed by atoms with van der Waals surface area (Å²) in [6.07, 6.45) is 0. The lowest BCUT2D eigenvalue weighted by molar-refractivity contribution is -0.114. The lowest BCUT2D eigenvalue weighted by atomic mass is 10.2. The Labute approximate surface area is 117 Å². The minimum Gasteiger partial charge on any atom is -0.381 e. The molecule has 0 aromatic heterocycles. The molecule has 0 aliphatic rings. The normalized spacial score (nSPS) is 10.0. The molecule has 0 radical (unpaired) electrons. The number of anilines is 2. The zero-order valence-electron chi connectivity index (χ0n) is 10.6. The van der Waals surface area contributed by atoms with Gasteiger partial charge < -0.3 is 10.6 Å². The maximum Gasteiger partial charge on any atom is 0.221 e. The standard InChI is InChI=1S/C15H15ClN2O/c1-11(19)18-15-8-6-14(7-9-15)17-10-12-2-4-13(16)5-3-12/h2-9,17H,10H2,1H3,(H,18,19). The predicted molar refractivity (Wildman–Crippen MR) is 79.5 cm³/mol. The molecule has 0 saturated heterocycles. The summed E-state index contributed by atoms with van der Waals surface area (Å²) in [4.78, 5) is 10.9. The van der Waals surface area contributed by atoms with Crippen molar-refractivity contribution in [1.82, 2.24) is 0 Å². The van der Waals surface area contributed by atoms with Gasteiger partial charge in [-0.15, -0.1) is 0 Å². The minimum absolute atomic E-state index is 0.0677. The van der Waals surface area contributed by atoms with Gasteiger partial charge in [-0.05, 0) is 42.0 Å². The van der Waals surface area contributed by atoms with Crippen molar-refractivity contribution in [2.24, 2.45) is 0 Å². The van der Waals surface area contributed by atoms with Crippen LogP contribution in [0.25, 0.3) is 0 Å². The van der Waals surface area contributed by atoms with Crippen molar-refractivity contribution in [3.63, 3.8) is 0 Å². The highest BCUT2D eigenvalue weighted by Gasteiger charge is 1.97. The Kier molecular flexibility index (Phi) is 4.42. The maximum atomic E-state index is 10.9. The van der Waals surface area contributed by atoms with Gasteiger partial charge in [0.1, 0.15) is 0 Å². The van der Waals surface area contributed by atoms with Crippen molar-refractivity contribution in [1.29, 1.82) is 0 Å². The van der Waals surface area contributed by atoms with E-state index in [4.69, 9.17) is 11.6 Å². The van der Waals surface area contributed by atoms with Crippen LogP contribution in [0.2, 0.25) is 5.02 Å². The number of rotatable bonds is 4. The second kappa shape index (κ2) is 6.25. The van der Waals surface area contributed by atoms with E-state index in [1.54, 1.807) is 0 Å². The molecule has 0 heterocycles. The van der Waals surface area contributed by atoms with Crippen LogP contribution in [0.15, 0.2) is 48.5 Å². The molecule has 0 aliphatic carbocycles. The Morgan fingerprint density at radius 2 is 1.58 bits per heavy atom. The largest absolute Gasteiger partial charge is 0.381 e. The van der Waals surface area contributed by atoms with Crippen LogP contribution in [0.1, 0.15) is 12.5 Å². The number of hydrogen-bond acceptors (Lipinski definition) is 2. The van der Waals surface area contributed by atoms with Gasteiger partial charge in [0.2, 0.25) is 5.91 Å². The lowest BCUT2D eigenvalue weighted by Gasteiger charge is -2.08. The molecular weight excluding hydrogens is 260 g/mol. The summed E-state index contributed by atoms with van der Waals surface area (Å²) < 4.78 is 0. The highest BCUT2D eigenvalue weighted by atomic mass is 35.5. The molecule has 98 valence electrons. The first-order chi connectivity index (χ1) is 9.13. The zero-order valence-corrected chi connectivity index (χ0v) is 11.4. The monoisotopic (exact) mass is 274 g/mol. The molecular formula is C15H15ClN2O. The first kappa shape index (κ1) is 13.4. The fraction of sp³-hybridized carbons (Fsp3) is 0.133. The van der Waals surface area contributed by atoms with Crippen molar-refractivity contribution in [3.05, 3.63) is 59.1 Å². The maximum absolute atomic E-state index is 10.9. The molecule has 4 heteroatoms. The third-order valence-corrected chi connectivity index (χ3v) is 2.87. The van der Waals surface area contributed by atoms with Crippen molar-refractivity contribution in [2.45, 2.75) is 13.5 Å². The Morgan fingerprint density at radius 3 is 2.16 bits per heavy atom. The highest BCUT2D eigenvalue weighted by molar-refractivity contribution is 6.30. The average Bonchev–Trinajstić information content (AvgIpc) is 2.39. The molecule has 0 fully saturated rings. The minimum atomic E-state index is -0.0677. The molecule has 19 heavy (non-hydrogen) atoms. The second-order valence-corrected chi connectivity index (χ2v) is 4.67. The van der Waals surface area contributed by atoms with Gasteiger partial charge >= 0.3 is 0 Å². The number of hydrogen-bond donors (Lipinski definition) is 2. The van der Waals surface area contributed by atoms with Gasteiger partial charge in [0.05, 0.1) is 0 Å². The predicted octanol–water partition coefficient (Wildman–Crippen LogP) is 3.91. The van der Waals surface area contributed by atoms with Gasteiger partial charge in [0, 0.05) is 29.9 Å². The van der Waals surface area contributed by atoms with E-state index in [1.165, 1.54) is 6.92 Å². The first-order valence-corrected chi connectivity index (χ1v) is 6.37. The highest BCUT2D eigenvalue weighted by Crippen LogP contribution is 2.15. The first-order valence-electron chi connectivity index (χ1n) is 5.99. The lowest BCUT2D eigenvalue weighted by Crippen LogP contribution is -2.05. The summed E-state index contributed by atoms with van der Waals surface area (Å²) in [5.74, 6) is -0.0677. The van der Waals surface area contributed by atoms with Crippen molar-refractivity contribution in [2.75, 3.05) is 10.6 Å². The third kappa shape index (κ3) is 4.30. The van der Waals surface area contributed by atoms with Gasteiger partial charge in [0.25, 0.3) is 0 Å². The number of benzene rings is 2. The summed E-state index contributed by atoms with van der Waals surface area (Å²) in [6, 6.07) is 15.3. The summed E-state index contributed by atoms with van der Waals surface area (Å²) in [6.45, 7) is 2.23. The summed E-state index contributed by atoms with van der Waals surface area (Å²) in [5, 5.41) is 6.78. The summed E-state index contributed by atoms with van der Waals surface area (Å²) in [7, 11) is 0. The van der Waals surface area contributed by atoms with E-state index in [-0.39, 0.29) is 5.91 Å². The van der Waals surface area contributed by atoms with Crippen molar-refractivity contribution in [3.8, 4) is 0 Å². The summed E-state index contributed by atoms with van der Waals surface area (Å²) >= 11 is 5.83. The van der Waals surface area contributed by atoms with E-state index in [9.17, 15) is 4.79 Å². The fourth-order valence-corrected chi connectivity index (χ4v) is 1.81. The Balaban J connectivity index is 1.92. The van der Waals surface area contributed by atoms with Crippen LogP contribution in [0.4, 0.5) is 11.4 Å². The molecule has 1 amide bonds. The third-order valence-electron chi connectivity index (χ3n) is 2.62. The van der Waals surface area contributed by atoms with E-state index >= 15 is 0 Å². The molecule has 0 bridgehead atoms. The zero-order chi connectivity index (χ0) is 13.7. The molecule has 2 aromatic rings. The molecule has 0 unspecified atom stereocenters. The molecule has 0 aliphatic heterocycles. The number of nitrogens with one attached hydrogen (secondary N) is 2. The molecule has 2 N–H and O–H groups in total. The van der Waals surface area contributed by atoms with Crippen molar-refractivity contribution < 1.29 is 4.79 Å². The van der Waals surface area contributed by atoms with Gasteiger partial charge in [-0.3, -0.25) is 4.79 Å². The SMILES string of the molecule is CC(=O)Nc1ccc(NCc2ccc(Cl)cc2)cc1. The number of carbonyl (C=O) groups is 1. The van der Waals surface area contributed by atoms with Gasteiger partial charge in [-0.1, -0.05) is 23.7 Å². The van der Waals surface area contributed by atoms with Gasteiger partial charge in [0.15, 0.2) is 0 Å². The van der Waals surface area contributed by atoms with Crippen LogP contribution in [-0.2, 0) is 11.3 Å². The molecule has 2 rings (SSSR count). The topological polar surface area (TPSA) is 41.1 Å². The van der Waals surface area contributed by atoms with E-state index in [1.807, 2.05) is 48.5 Å². The number of amides is 1. The molecule has 2 aromatic carbocycles. The van der Waals surface area contributed by atoms with Gasteiger partial charge in [-0.2, -0.15) is 0 Å². The molecule has 0 atom stereocenters. The van der Waals surface area contributed by atoms with E-state index in [0.29, 0.717) is 0 Å². The van der Waals surface area contributed by atoms with Crippen LogP contribution in [0, 0.1) is 0 Å². The Morgan fingerprint density at radius 1 is 1.00 bits per heavy atom. The summed E-state index contributed by atoms with van der Waals surface area (Å²) in [5.41, 5.74) is 2.96. The smallest absolute Gasteiger partial charge is 0.221 e.